The van der Waals surface area contributed by atoms with Gasteiger partial charge in [-0.2, -0.15) is 5.12 Å². The minimum Gasteiger partial charge on any atom is -0.398 e. The van der Waals surface area contributed by atoms with E-state index in [1.165, 1.54) is 6.07 Å². The van der Waals surface area contributed by atoms with Crippen LogP contribution in [0.5, 0.6) is 0 Å². The number of carbonyl (C=O) groups excluding carboxylic acids is 1. The van der Waals surface area contributed by atoms with Crippen LogP contribution in [0.4, 0.5) is 10.2 Å². The molecule has 0 fully saturated rings. The summed E-state index contributed by atoms with van der Waals surface area (Å²) in [6, 6.07) is 6.35. The lowest BCUT2D eigenvalue weighted by atomic mass is 10.2. The molecule has 1 aromatic carbocycles. The highest BCUT2D eigenvalue weighted by atomic mass is 19.2. The molecule has 0 saturated carbocycles. The van der Waals surface area contributed by atoms with Crippen molar-refractivity contribution in [3.05, 3.63) is 29.8 Å². The van der Waals surface area contributed by atoms with Crippen LogP contribution in [0, 0.1) is 0 Å². The molecule has 12 heavy (non-hydrogen) atoms. The molecule has 1 aromatic rings. The Kier molecular flexibility index (Phi) is 2.28. The molecule has 0 radical (unpaired) electrons. The van der Waals surface area contributed by atoms with Gasteiger partial charge in [0.1, 0.15) is 0 Å². The first-order valence-electron chi connectivity index (χ1n) is 3.41. The van der Waals surface area contributed by atoms with Crippen LogP contribution in [0.2, 0.25) is 0 Å². The Morgan fingerprint density at radius 1 is 1.50 bits per heavy atom. The van der Waals surface area contributed by atoms with Crippen molar-refractivity contribution in [1.82, 2.24) is 5.12 Å². The third-order valence-electron chi connectivity index (χ3n) is 1.47. The van der Waals surface area contributed by atoms with Crippen molar-refractivity contribution in [2.45, 2.75) is 0 Å². The Hall–Kier alpha value is -1.58. The summed E-state index contributed by atoms with van der Waals surface area (Å²) >= 11 is 0. The molecule has 0 heterocycles. The van der Waals surface area contributed by atoms with Crippen LogP contribution in [-0.4, -0.2) is 18.1 Å². The normalized spacial score (nSPS) is 9.50. The fourth-order valence-corrected chi connectivity index (χ4v) is 0.858. The average Bonchev–Trinajstić information content (AvgIpc) is 2.04. The number of nitrogens with zero attached hydrogens (tertiary/aromatic N) is 1. The third-order valence-corrected chi connectivity index (χ3v) is 1.47. The molecule has 0 saturated heterocycles. The molecule has 0 aliphatic heterocycles. The maximum absolute atomic E-state index is 12.4. The number of benzene rings is 1. The van der Waals surface area contributed by atoms with E-state index in [9.17, 15) is 9.28 Å². The monoisotopic (exact) mass is 168 g/mol. The summed E-state index contributed by atoms with van der Waals surface area (Å²) < 4.78 is 12.4. The number of hydrogen-bond acceptors (Lipinski definition) is 2. The van der Waals surface area contributed by atoms with Crippen molar-refractivity contribution < 1.29 is 9.28 Å². The molecule has 1 amide bonds. The number of nitrogen functional groups attached to an aromatic ring is 1. The Morgan fingerprint density at radius 3 is 2.58 bits per heavy atom. The molecule has 0 aliphatic carbocycles. The van der Waals surface area contributed by atoms with Crippen molar-refractivity contribution in [1.29, 1.82) is 0 Å². The quantitative estimate of drug-likeness (QED) is 0.506. The summed E-state index contributed by atoms with van der Waals surface area (Å²) in [6.45, 7) is 0. The molecule has 64 valence electrons. The van der Waals surface area contributed by atoms with Crippen LogP contribution in [0.3, 0.4) is 0 Å². The molecule has 0 unspecified atom stereocenters. The van der Waals surface area contributed by atoms with Gasteiger partial charge in [0.05, 0.1) is 5.56 Å². The van der Waals surface area contributed by atoms with E-state index in [2.05, 4.69) is 0 Å². The van der Waals surface area contributed by atoms with E-state index in [0.717, 1.165) is 7.05 Å². The van der Waals surface area contributed by atoms with Gasteiger partial charge >= 0.3 is 0 Å². The minimum atomic E-state index is -0.729. The maximum Gasteiger partial charge on any atom is 0.283 e. The van der Waals surface area contributed by atoms with Crippen molar-refractivity contribution >= 4 is 11.6 Å². The van der Waals surface area contributed by atoms with Crippen LogP contribution in [-0.2, 0) is 0 Å². The van der Waals surface area contributed by atoms with Crippen molar-refractivity contribution in [2.75, 3.05) is 12.8 Å². The van der Waals surface area contributed by atoms with Gasteiger partial charge in [-0.25, -0.2) is 0 Å². The highest BCUT2D eigenvalue weighted by molar-refractivity contribution is 5.98. The summed E-state index contributed by atoms with van der Waals surface area (Å²) in [6.07, 6.45) is 0. The molecule has 0 atom stereocenters. The van der Waals surface area contributed by atoms with E-state index < -0.39 is 5.91 Å². The summed E-state index contributed by atoms with van der Waals surface area (Å²) in [5.74, 6) is -0.729. The molecule has 3 nitrogen and oxygen atoms in total. The fraction of sp³-hybridized carbons (Fsp3) is 0.125. The van der Waals surface area contributed by atoms with Gasteiger partial charge in [0, 0.05) is 12.7 Å². The largest absolute Gasteiger partial charge is 0.398 e. The third kappa shape index (κ3) is 1.53. The molecule has 4 heteroatoms. The number of rotatable bonds is 1. The zero-order valence-electron chi connectivity index (χ0n) is 6.62. The van der Waals surface area contributed by atoms with E-state index >= 15 is 0 Å². The van der Waals surface area contributed by atoms with Gasteiger partial charge in [0.15, 0.2) is 0 Å². The fourth-order valence-electron chi connectivity index (χ4n) is 0.858. The number of nitrogens with two attached hydrogens (primary N) is 1. The number of anilines is 1. The van der Waals surface area contributed by atoms with Gasteiger partial charge in [-0.1, -0.05) is 16.6 Å². The van der Waals surface area contributed by atoms with Gasteiger partial charge in [-0.15, -0.1) is 0 Å². The molecule has 1 rings (SSSR count). The number of carbonyl (C=O) groups is 1. The maximum atomic E-state index is 12.4. The van der Waals surface area contributed by atoms with E-state index in [-0.39, 0.29) is 16.4 Å². The number of hydrogen-bond donors (Lipinski definition) is 1. The Bertz CT molecular complexity index is 299. The summed E-state index contributed by atoms with van der Waals surface area (Å²) in [5, 5.41) is 0.00565. The summed E-state index contributed by atoms with van der Waals surface area (Å²) in [4.78, 5) is 11.0. The molecular weight excluding hydrogens is 159 g/mol. The Balaban J connectivity index is 3.03. The molecular formula is C8H9FN2O. The van der Waals surface area contributed by atoms with Gasteiger partial charge in [-0.3, -0.25) is 4.79 Å². The molecule has 0 spiro atoms. The highest BCUT2D eigenvalue weighted by Gasteiger charge is 2.12. The van der Waals surface area contributed by atoms with Crippen LogP contribution in [0.15, 0.2) is 24.3 Å². The predicted molar refractivity (Wildman–Crippen MR) is 44.1 cm³/mol. The van der Waals surface area contributed by atoms with Gasteiger partial charge in [0.2, 0.25) is 0 Å². The Labute approximate surface area is 69.5 Å². The topological polar surface area (TPSA) is 46.3 Å². The van der Waals surface area contributed by atoms with E-state index in [0.29, 0.717) is 0 Å². The van der Waals surface area contributed by atoms with Gasteiger partial charge < -0.3 is 5.73 Å². The summed E-state index contributed by atoms with van der Waals surface area (Å²) in [5.41, 5.74) is 5.91. The lowest BCUT2D eigenvalue weighted by Gasteiger charge is -2.06. The predicted octanol–water partition coefficient (Wildman–Crippen LogP) is 1.23. The SMILES string of the molecule is CN(F)C(=O)c1ccccc1N. The van der Waals surface area contributed by atoms with Crippen molar-refractivity contribution in [3.63, 3.8) is 0 Å². The van der Waals surface area contributed by atoms with E-state index in [1.807, 2.05) is 0 Å². The summed E-state index contributed by atoms with van der Waals surface area (Å²) in [7, 11) is 1.04. The number of amides is 1. The van der Waals surface area contributed by atoms with Crippen molar-refractivity contribution in [3.8, 4) is 0 Å². The molecule has 0 bridgehead atoms. The molecule has 0 aromatic heterocycles. The molecule has 0 aliphatic rings. The Morgan fingerprint density at radius 2 is 2.08 bits per heavy atom. The second-order valence-corrected chi connectivity index (χ2v) is 2.37. The lowest BCUT2D eigenvalue weighted by Crippen LogP contribution is -2.18. The number of para-hydroxylation sites is 1. The molecule has 2 N–H and O–H groups in total. The highest BCUT2D eigenvalue weighted by Crippen LogP contribution is 2.12. The standard InChI is InChI=1S/C8H9FN2O/c1-11(9)8(12)6-4-2-3-5-7(6)10/h2-5H,10H2,1H3. The van der Waals surface area contributed by atoms with Crippen LogP contribution in [0.25, 0.3) is 0 Å². The first-order chi connectivity index (χ1) is 5.63. The smallest absolute Gasteiger partial charge is 0.283 e. The second kappa shape index (κ2) is 3.21. The van der Waals surface area contributed by atoms with Crippen molar-refractivity contribution in [2.24, 2.45) is 0 Å². The first kappa shape index (κ1) is 8.52. The van der Waals surface area contributed by atoms with Crippen LogP contribution < -0.4 is 5.73 Å². The first-order valence-corrected chi connectivity index (χ1v) is 3.41. The zero-order chi connectivity index (χ0) is 9.14. The van der Waals surface area contributed by atoms with Crippen LogP contribution >= 0.6 is 0 Å². The lowest BCUT2D eigenvalue weighted by molar-refractivity contribution is 0.0344. The van der Waals surface area contributed by atoms with E-state index in [4.69, 9.17) is 5.73 Å². The second-order valence-electron chi connectivity index (χ2n) is 2.37. The van der Waals surface area contributed by atoms with Crippen LogP contribution in [0.1, 0.15) is 10.4 Å². The average molecular weight is 168 g/mol. The zero-order valence-corrected chi connectivity index (χ0v) is 6.62. The minimum absolute atomic E-state index is 0.00565. The van der Waals surface area contributed by atoms with Gasteiger partial charge in [0.25, 0.3) is 5.91 Å². The van der Waals surface area contributed by atoms with E-state index in [1.54, 1.807) is 18.2 Å². The number of halogens is 1. The van der Waals surface area contributed by atoms with Gasteiger partial charge in [-0.05, 0) is 12.1 Å².